The van der Waals surface area contributed by atoms with Crippen molar-refractivity contribution in [1.82, 2.24) is 4.90 Å². The molecular formula is C24H24F2N2O. The van der Waals surface area contributed by atoms with Crippen LogP contribution in [0, 0.1) is 11.6 Å². The lowest BCUT2D eigenvalue weighted by Gasteiger charge is -2.30. The van der Waals surface area contributed by atoms with Gasteiger partial charge in [0, 0.05) is 37.4 Å². The van der Waals surface area contributed by atoms with Crippen LogP contribution in [0.15, 0.2) is 66.7 Å². The quantitative estimate of drug-likeness (QED) is 0.648. The normalized spacial score (nSPS) is 15.0. The van der Waals surface area contributed by atoms with Crippen molar-refractivity contribution in [3.05, 3.63) is 89.5 Å². The van der Waals surface area contributed by atoms with E-state index in [0.29, 0.717) is 18.7 Å². The van der Waals surface area contributed by atoms with Crippen molar-refractivity contribution in [3.8, 4) is 11.1 Å². The number of benzene rings is 3. The van der Waals surface area contributed by atoms with Gasteiger partial charge < -0.3 is 10.4 Å². The zero-order valence-corrected chi connectivity index (χ0v) is 16.1. The summed E-state index contributed by atoms with van der Waals surface area (Å²) >= 11 is 0. The fourth-order valence-electron chi connectivity index (χ4n) is 3.83. The number of aliphatic hydroxyl groups is 1. The first-order chi connectivity index (χ1) is 14.1. The van der Waals surface area contributed by atoms with Crippen LogP contribution in [-0.4, -0.2) is 35.7 Å². The molecule has 5 heteroatoms. The molecule has 1 aliphatic rings. The second-order valence-electron chi connectivity index (χ2n) is 7.47. The Morgan fingerprint density at radius 3 is 2.62 bits per heavy atom. The molecule has 29 heavy (non-hydrogen) atoms. The number of hydrogen-bond acceptors (Lipinski definition) is 3. The lowest BCUT2D eigenvalue weighted by Crippen LogP contribution is -2.39. The van der Waals surface area contributed by atoms with E-state index in [4.69, 9.17) is 0 Å². The lowest BCUT2D eigenvalue weighted by molar-refractivity contribution is 0.114. The molecule has 3 nitrogen and oxygen atoms in total. The van der Waals surface area contributed by atoms with Crippen LogP contribution in [0.5, 0.6) is 0 Å². The summed E-state index contributed by atoms with van der Waals surface area (Å²) in [5.41, 5.74) is 4.28. The van der Waals surface area contributed by atoms with E-state index in [1.54, 1.807) is 24.3 Å². The molecule has 0 aliphatic carbocycles. The highest BCUT2D eigenvalue weighted by Crippen LogP contribution is 2.26. The van der Waals surface area contributed by atoms with Crippen molar-refractivity contribution in [2.45, 2.75) is 19.1 Å². The maximum absolute atomic E-state index is 14.1. The van der Waals surface area contributed by atoms with E-state index in [2.05, 4.69) is 34.5 Å². The third-order valence-corrected chi connectivity index (χ3v) is 5.35. The summed E-state index contributed by atoms with van der Waals surface area (Å²) in [7, 11) is 0. The van der Waals surface area contributed by atoms with Gasteiger partial charge in [-0.3, -0.25) is 4.90 Å². The van der Waals surface area contributed by atoms with Gasteiger partial charge in [0.25, 0.3) is 0 Å². The summed E-state index contributed by atoms with van der Waals surface area (Å²) in [6, 6.07) is 19.7. The Hall–Kier alpha value is -2.76. The number of halogens is 2. The summed E-state index contributed by atoms with van der Waals surface area (Å²) in [6.07, 6.45) is 0.465. The van der Waals surface area contributed by atoms with E-state index < -0.39 is 17.7 Å². The summed E-state index contributed by atoms with van der Waals surface area (Å²) in [5.74, 6) is -1.71. The number of rotatable bonds is 6. The Labute approximate surface area is 169 Å². The number of aliphatic hydroxyl groups excluding tert-OH is 1. The Morgan fingerprint density at radius 1 is 0.966 bits per heavy atom. The maximum atomic E-state index is 14.1. The molecule has 0 radical (unpaired) electrons. The Balaban J connectivity index is 1.35. The lowest BCUT2D eigenvalue weighted by atomic mass is 10.00. The molecule has 4 rings (SSSR count). The SMILES string of the molecule is OC(CNc1cccc(-c2cccc(F)c2F)c1)CN1CCc2ccccc2C1. The Bertz CT molecular complexity index is 992. The molecule has 150 valence electrons. The van der Waals surface area contributed by atoms with E-state index >= 15 is 0 Å². The molecule has 0 aromatic heterocycles. The number of fused-ring (bicyclic) bond motifs is 1. The van der Waals surface area contributed by atoms with Crippen molar-refractivity contribution < 1.29 is 13.9 Å². The number of β-amino-alcohol motifs (C(OH)–C–C–N with tert-alkyl or cyclic N) is 1. The predicted octanol–water partition coefficient (Wildman–Crippen LogP) is 4.46. The van der Waals surface area contributed by atoms with E-state index in [1.807, 2.05) is 6.07 Å². The number of hydrogen-bond donors (Lipinski definition) is 2. The fraction of sp³-hybridized carbons (Fsp3) is 0.250. The van der Waals surface area contributed by atoms with Crippen molar-refractivity contribution in [1.29, 1.82) is 0 Å². The van der Waals surface area contributed by atoms with Crippen molar-refractivity contribution in [2.75, 3.05) is 25.0 Å². The van der Waals surface area contributed by atoms with Crippen LogP contribution in [0.25, 0.3) is 11.1 Å². The minimum atomic E-state index is -0.862. The highest BCUT2D eigenvalue weighted by molar-refractivity contribution is 5.68. The smallest absolute Gasteiger partial charge is 0.166 e. The Morgan fingerprint density at radius 2 is 1.76 bits per heavy atom. The third kappa shape index (κ3) is 4.63. The molecule has 0 saturated carbocycles. The Kier molecular flexibility index (Phi) is 5.88. The second kappa shape index (κ2) is 8.72. The molecular weight excluding hydrogens is 370 g/mol. The highest BCUT2D eigenvalue weighted by atomic mass is 19.2. The van der Waals surface area contributed by atoms with Crippen LogP contribution in [0.2, 0.25) is 0 Å². The first kappa shape index (κ1) is 19.6. The van der Waals surface area contributed by atoms with Crippen LogP contribution in [-0.2, 0) is 13.0 Å². The maximum Gasteiger partial charge on any atom is 0.166 e. The first-order valence-electron chi connectivity index (χ1n) is 9.85. The summed E-state index contributed by atoms with van der Waals surface area (Å²) in [4.78, 5) is 2.26. The monoisotopic (exact) mass is 394 g/mol. The molecule has 2 N–H and O–H groups in total. The van der Waals surface area contributed by atoms with Crippen LogP contribution in [0.1, 0.15) is 11.1 Å². The molecule has 3 aromatic rings. The molecule has 3 aromatic carbocycles. The molecule has 0 bridgehead atoms. The molecule has 0 amide bonds. The van der Waals surface area contributed by atoms with Gasteiger partial charge in [-0.2, -0.15) is 0 Å². The van der Waals surface area contributed by atoms with Gasteiger partial charge >= 0.3 is 0 Å². The van der Waals surface area contributed by atoms with Crippen LogP contribution in [0.4, 0.5) is 14.5 Å². The van der Waals surface area contributed by atoms with Gasteiger partial charge in [0.1, 0.15) is 0 Å². The second-order valence-corrected chi connectivity index (χ2v) is 7.47. The number of nitrogens with zero attached hydrogens (tertiary/aromatic N) is 1. The average molecular weight is 394 g/mol. The molecule has 1 heterocycles. The molecule has 1 aliphatic heterocycles. The third-order valence-electron chi connectivity index (χ3n) is 5.35. The van der Waals surface area contributed by atoms with Gasteiger partial charge in [0.05, 0.1) is 6.10 Å². The molecule has 1 unspecified atom stereocenters. The van der Waals surface area contributed by atoms with E-state index in [1.165, 1.54) is 17.2 Å². The fourth-order valence-corrected chi connectivity index (χ4v) is 3.83. The van der Waals surface area contributed by atoms with Crippen LogP contribution in [0.3, 0.4) is 0 Å². The van der Waals surface area contributed by atoms with Gasteiger partial charge in [0.15, 0.2) is 11.6 Å². The van der Waals surface area contributed by atoms with Crippen LogP contribution >= 0.6 is 0 Å². The van der Waals surface area contributed by atoms with Crippen molar-refractivity contribution >= 4 is 5.69 Å². The van der Waals surface area contributed by atoms with Gasteiger partial charge in [-0.05, 0) is 41.3 Å². The largest absolute Gasteiger partial charge is 0.390 e. The zero-order chi connectivity index (χ0) is 20.2. The minimum absolute atomic E-state index is 0.223. The highest BCUT2D eigenvalue weighted by Gasteiger charge is 2.18. The van der Waals surface area contributed by atoms with Crippen molar-refractivity contribution in [3.63, 3.8) is 0 Å². The first-order valence-corrected chi connectivity index (χ1v) is 9.85. The average Bonchev–Trinajstić information content (AvgIpc) is 2.74. The van der Waals surface area contributed by atoms with Gasteiger partial charge in [-0.15, -0.1) is 0 Å². The molecule has 0 saturated heterocycles. The minimum Gasteiger partial charge on any atom is -0.390 e. The molecule has 0 spiro atoms. The molecule has 0 fully saturated rings. The zero-order valence-electron chi connectivity index (χ0n) is 16.1. The van der Waals surface area contributed by atoms with Crippen LogP contribution < -0.4 is 5.32 Å². The molecule has 1 atom stereocenters. The summed E-state index contributed by atoms with van der Waals surface area (Å²) in [5, 5.41) is 13.7. The summed E-state index contributed by atoms with van der Waals surface area (Å²) in [6.45, 7) is 2.75. The van der Waals surface area contributed by atoms with E-state index in [0.717, 1.165) is 31.3 Å². The van der Waals surface area contributed by atoms with Gasteiger partial charge in [-0.25, -0.2) is 8.78 Å². The topological polar surface area (TPSA) is 35.5 Å². The van der Waals surface area contributed by atoms with Crippen molar-refractivity contribution in [2.24, 2.45) is 0 Å². The number of anilines is 1. The van der Waals surface area contributed by atoms with E-state index in [9.17, 15) is 13.9 Å². The van der Waals surface area contributed by atoms with Gasteiger partial charge in [0.2, 0.25) is 0 Å². The predicted molar refractivity (Wildman–Crippen MR) is 112 cm³/mol. The summed E-state index contributed by atoms with van der Waals surface area (Å²) < 4.78 is 27.6. The number of nitrogens with one attached hydrogen (secondary N) is 1. The standard InChI is InChI=1S/C24H24F2N2O/c25-23-10-4-9-22(24(23)26)18-7-3-8-20(13-18)27-14-21(29)16-28-12-11-17-5-1-2-6-19(17)15-28/h1-10,13,21,27,29H,11-12,14-16H2. The van der Waals surface area contributed by atoms with E-state index in [-0.39, 0.29) is 5.56 Å². The van der Waals surface area contributed by atoms with Gasteiger partial charge in [-0.1, -0.05) is 48.5 Å².